The van der Waals surface area contributed by atoms with Gasteiger partial charge < -0.3 is 0 Å². The lowest BCUT2D eigenvalue weighted by molar-refractivity contribution is 0.291. The molecule has 1 unspecified atom stereocenters. The van der Waals surface area contributed by atoms with Crippen molar-refractivity contribution >= 4 is 10.8 Å². The van der Waals surface area contributed by atoms with Gasteiger partial charge in [-0.05, 0) is 41.2 Å². The normalized spacial score (nSPS) is 19.3. The molecular formula is C23H26N2. The number of fused-ring (bicyclic) bond motifs is 1. The standard InChI is InChI=1S/C23H26N2/c1-18(22-13-7-11-20-10-5-6-12-23(20)22)24-17-25-15-14-21(16-25)19-8-3-2-4-9-19/h2-13,18,21,24H,14-17H2,1H3/t18-,21?/m1/s1. The van der Waals surface area contributed by atoms with Gasteiger partial charge >= 0.3 is 0 Å². The van der Waals surface area contributed by atoms with Crippen LogP contribution in [-0.2, 0) is 0 Å². The van der Waals surface area contributed by atoms with E-state index in [9.17, 15) is 0 Å². The van der Waals surface area contributed by atoms with Crippen LogP contribution < -0.4 is 5.32 Å². The van der Waals surface area contributed by atoms with Crippen LogP contribution in [0.25, 0.3) is 10.8 Å². The van der Waals surface area contributed by atoms with Crippen molar-refractivity contribution in [1.82, 2.24) is 10.2 Å². The smallest absolute Gasteiger partial charge is 0.0485 e. The fraction of sp³-hybridized carbons (Fsp3) is 0.304. The van der Waals surface area contributed by atoms with Crippen LogP contribution in [0.5, 0.6) is 0 Å². The van der Waals surface area contributed by atoms with E-state index in [-0.39, 0.29) is 0 Å². The number of benzene rings is 3. The van der Waals surface area contributed by atoms with Gasteiger partial charge in [-0.3, -0.25) is 10.2 Å². The number of nitrogens with one attached hydrogen (secondary N) is 1. The van der Waals surface area contributed by atoms with Gasteiger partial charge in [0.2, 0.25) is 0 Å². The van der Waals surface area contributed by atoms with E-state index in [1.165, 1.54) is 34.9 Å². The highest BCUT2D eigenvalue weighted by molar-refractivity contribution is 5.86. The van der Waals surface area contributed by atoms with Gasteiger partial charge in [0.05, 0.1) is 0 Å². The average molecular weight is 330 g/mol. The summed E-state index contributed by atoms with van der Waals surface area (Å²) in [6, 6.07) is 26.5. The third kappa shape index (κ3) is 3.60. The molecule has 0 radical (unpaired) electrons. The van der Waals surface area contributed by atoms with Crippen LogP contribution >= 0.6 is 0 Å². The molecule has 2 nitrogen and oxygen atoms in total. The molecule has 1 heterocycles. The highest BCUT2D eigenvalue weighted by atomic mass is 15.2. The van der Waals surface area contributed by atoms with Gasteiger partial charge in [0.25, 0.3) is 0 Å². The first kappa shape index (κ1) is 16.3. The zero-order chi connectivity index (χ0) is 17.1. The monoisotopic (exact) mass is 330 g/mol. The molecule has 3 aromatic carbocycles. The lowest BCUT2D eigenvalue weighted by atomic mass is 9.99. The predicted octanol–water partition coefficient (Wildman–Crippen LogP) is 4.94. The highest BCUT2D eigenvalue weighted by Crippen LogP contribution is 2.27. The van der Waals surface area contributed by atoms with Gasteiger partial charge in [-0.15, -0.1) is 0 Å². The topological polar surface area (TPSA) is 15.3 Å². The van der Waals surface area contributed by atoms with Crippen LogP contribution in [0.15, 0.2) is 72.8 Å². The third-order valence-corrected chi connectivity index (χ3v) is 5.45. The van der Waals surface area contributed by atoms with E-state index in [1.807, 2.05) is 0 Å². The maximum absolute atomic E-state index is 3.73. The molecule has 1 saturated heterocycles. The largest absolute Gasteiger partial charge is 0.298 e. The molecule has 1 aliphatic heterocycles. The maximum atomic E-state index is 3.73. The summed E-state index contributed by atoms with van der Waals surface area (Å²) in [4.78, 5) is 2.54. The molecular weight excluding hydrogens is 304 g/mol. The Morgan fingerprint density at radius 1 is 0.960 bits per heavy atom. The SMILES string of the molecule is C[C@@H](NCN1CCC(c2ccccc2)C1)c1cccc2ccccc12. The van der Waals surface area contributed by atoms with E-state index in [0.29, 0.717) is 12.0 Å². The van der Waals surface area contributed by atoms with Crippen molar-refractivity contribution in [3.63, 3.8) is 0 Å². The van der Waals surface area contributed by atoms with Crippen molar-refractivity contribution in [2.24, 2.45) is 0 Å². The number of likely N-dealkylation sites (tertiary alicyclic amines) is 1. The molecule has 1 N–H and O–H groups in total. The minimum Gasteiger partial charge on any atom is -0.298 e. The van der Waals surface area contributed by atoms with Crippen LogP contribution in [0.4, 0.5) is 0 Å². The first-order chi connectivity index (χ1) is 12.3. The van der Waals surface area contributed by atoms with E-state index >= 15 is 0 Å². The van der Waals surface area contributed by atoms with Crippen molar-refractivity contribution in [1.29, 1.82) is 0 Å². The number of hydrogen-bond donors (Lipinski definition) is 1. The number of rotatable bonds is 5. The van der Waals surface area contributed by atoms with Gasteiger partial charge in [-0.1, -0.05) is 72.8 Å². The minimum atomic E-state index is 0.349. The van der Waals surface area contributed by atoms with Crippen LogP contribution in [0.3, 0.4) is 0 Å². The second-order valence-electron chi connectivity index (χ2n) is 7.13. The fourth-order valence-corrected chi connectivity index (χ4v) is 3.98. The molecule has 2 heteroatoms. The van der Waals surface area contributed by atoms with Gasteiger partial charge in [-0.2, -0.15) is 0 Å². The zero-order valence-electron chi connectivity index (χ0n) is 14.9. The first-order valence-electron chi connectivity index (χ1n) is 9.29. The van der Waals surface area contributed by atoms with Gasteiger partial charge in [0.1, 0.15) is 0 Å². The van der Waals surface area contributed by atoms with Crippen LogP contribution in [-0.4, -0.2) is 24.7 Å². The summed E-state index contributed by atoms with van der Waals surface area (Å²) in [5.41, 5.74) is 2.86. The lowest BCUT2D eigenvalue weighted by Crippen LogP contribution is -2.34. The average Bonchev–Trinajstić information content (AvgIpc) is 3.15. The molecule has 0 aromatic heterocycles. The van der Waals surface area contributed by atoms with Gasteiger partial charge in [0.15, 0.2) is 0 Å². The molecule has 0 amide bonds. The Morgan fingerprint density at radius 2 is 1.72 bits per heavy atom. The van der Waals surface area contributed by atoms with E-state index in [2.05, 4.69) is 89.9 Å². The Kier molecular flexibility index (Phi) is 4.82. The fourth-order valence-electron chi connectivity index (χ4n) is 3.98. The second kappa shape index (κ2) is 7.38. The summed E-state index contributed by atoms with van der Waals surface area (Å²) in [6.45, 7) is 5.55. The molecule has 0 aliphatic carbocycles. The van der Waals surface area contributed by atoms with Crippen molar-refractivity contribution in [2.45, 2.75) is 25.3 Å². The molecule has 25 heavy (non-hydrogen) atoms. The molecule has 1 fully saturated rings. The lowest BCUT2D eigenvalue weighted by Gasteiger charge is -2.22. The van der Waals surface area contributed by atoms with Gasteiger partial charge in [0, 0.05) is 25.8 Å². The van der Waals surface area contributed by atoms with E-state index in [1.54, 1.807) is 0 Å². The first-order valence-corrected chi connectivity index (χ1v) is 9.29. The third-order valence-electron chi connectivity index (χ3n) is 5.45. The number of nitrogens with zero attached hydrogens (tertiary/aromatic N) is 1. The van der Waals surface area contributed by atoms with Gasteiger partial charge in [-0.25, -0.2) is 0 Å². The molecule has 128 valence electrons. The molecule has 4 rings (SSSR count). The quantitative estimate of drug-likeness (QED) is 0.713. The van der Waals surface area contributed by atoms with Crippen molar-refractivity contribution < 1.29 is 0 Å². The summed E-state index contributed by atoms with van der Waals surface area (Å²) in [6.07, 6.45) is 1.26. The Morgan fingerprint density at radius 3 is 2.60 bits per heavy atom. The minimum absolute atomic E-state index is 0.349. The zero-order valence-corrected chi connectivity index (χ0v) is 14.9. The summed E-state index contributed by atoms with van der Waals surface area (Å²) in [7, 11) is 0. The number of hydrogen-bond acceptors (Lipinski definition) is 2. The van der Waals surface area contributed by atoms with Crippen LogP contribution in [0, 0.1) is 0 Å². The van der Waals surface area contributed by atoms with E-state index in [4.69, 9.17) is 0 Å². The summed E-state index contributed by atoms with van der Waals surface area (Å²) < 4.78 is 0. The summed E-state index contributed by atoms with van der Waals surface area (Å²) >= 11 is 0. The summed E-state index contributed by atoms with van der Waals surface area (Å²) in [5.74, 6) is 0.677. The highest BCUT2D eigenvalue weighted by Gasteiger charge is 2.23. The molecule has 1 aliphatic rings. The molecule has 0 saturated carbocycles. The van der Waals surface area contributed by atoms with Crippen LogP contribution in [0.1, 0.15) is 36.4 Å². The second-order valence-corrected chi connectivity index (χ2v) is 7.13. The Bertz CT molecular complexity index is 822. The van der Waals surface area contributed by atoms with Crippen molar-refractivity contribution in [3.05, 3.63) is 83.9 Å². The Balaban J connectivity index is 1.38. The predicted molar refractivity (Wildman–Crippen MR) is 106 cm³/mol. The van der Waals surface area contributed by atoms with E-state index in [0.717, 1.165) is 13.2 Å². The molecule has 3 aromatic rings. The van der Waals surface area contributed by atoms with Crippen molar-refractivity contribution in [3.8, 4) is 0 Å². The maximum Gasteiger partial charge on any atom is 0.0485 e. The molecule has 0 bridgehead atoms. The summed E-state index contributed by atoms with van der Waals surface area (Å²) in [5, 5.41) is 6.40. The molecule has 2 atom stereocenters. The van der Waals surface area contributed by atoms with Crippen molar-refractivity contribution in [2.75, 3.05) is 19.8 Å². The molecule has 0 spiro atoms. The Labute approximate surface area is 150 Å². The van der Waals surface area contributed by atoms with Crippen LogP contribution in [0.2, 0.25) is 0 Å². The van der Waals surface area contributed by atoms with E-state index < -0.39 is 0 Å². The Hall–Kier alpha value is -2.16.